The molecule has 0 atom stereocenters. The van der Waals surface area contributed by atoms with Gasteiger partial charge in [0.15, 0.2) is 17.2 Å². The predicted octanol–water partition coefficient (Wildman–Crippen LogP) is 0.529. The van der Waals surface area contributed by atoms with Crippen LogP contribution in [0.3, 0.4) is 0 Å². The van der Waals surface area contributed by atoms with Gasteiger partial charge in [-0.15, -0.1) is 0 Å². The summed E-state index contributed by atoms with van der Waals surface area (Å²) < 4.78 is 4.61. The molecule has 2 amide bonds. The normalized spacial score (nSPS) is 9.81. The lowest BCUT2D eigenvalue weighted by Gasteiger charge is -2.08. The summed E-state index contributed by atoms with van der Waals surface area (Å²) in [4.78, 5) is 11.2. The van der Waals surface area contributed by atoms with Gasteiger partial charge in [0.1, 0.15) is 6.73 Å². The van der Waals surface area contributed by atoms with E-state index in [2.05, 4.69) is 15.4 Å². The van der Waals surface area contributed by atoms with Crippen molar-refractivity contribution in [3.8, 4) is 17.2 Å². The van der Waals surface area contributed by atoms with Crippen molar-refractivity contribution in [2.75, 3.05) is 19.2 Å². The minimum atomic E-state index is -0.636. The van der Waals surface area contributed by atoms with Crippen LogP contribution in [-0.2, 0) is 4.74 Å². The van der Waals surface area contributed by atoms with Crippen LogP contribution in [0.2, 0.25) is 0 Å². The average Bonchev–Trinajstić information content (AvgIpc) is 2.23. The number of phenols is 3. The van der Waals surface area contributed by atoms with Gasteiger partial charge in [0.25, 0.3) is 0 Å². The van der Waals surface area contributed by atoms with E-state index in [1.165, 1.54) is 7.11 Å². The summed E-state index contributed by atoms with van der Waals surface area (Å²) in [5.74, 6) is -1.69. The van der Waals surface area contributed by atoms with Crippen LogP contribution in [0, 0.1) is 0 Å². The number of methoxy groups -OCH3 is 1. The second-order valence-corrected chi connectivity index (χ2v) is 2.93. The molecule has 0 saturated heterocycles. The maximum atomic E-state index is 11.2. The van der Waals surface area contributed by atoms with Crippen molar-refractivity contribution in [1.82, 2.24) is 5.32 Å². The molecule has 0 saturated carbocycles. The molecular weight excluding hydrogens is 216 g/mol. The second kappa shape index (κ2) is 5.08. The monoisotopic (exact) mass is 228 g/mol. The molecule has 16 heavy (non-hydrogen) atoms. The van der Waals surface area contributed by atoms with Gasteiger partial charge in [0.05, 0.1) is 5.69 Å². The first-order chi connectivity index (χ1) is 7.54. The van der Waals surface area contributed by atoms with Crippen LogP contribution in [0.25, 0.3) is 0 Å². The van der Waals surface area contributed by atoms with Crippen LogP contribution >= 0.6 is 0 Å². The number of amides is 2. The molecule has 0 aliphatic heterocycles. The Morgan fingerprint density at radius 1 is 1.31 bits per heavy atom. The Bertz CT molecular complexity index is 370. The van der Waals surface area contributed by atoms with Crippen LogP contribution in [0.4, 0.5) is 10.5 Å². The average molecular weight is 228 g/mol. The lowest BCUT2D eigenvalue weighted by Crippen LogP contribution is -2.30. The molecule has 1 aromatic carbocycles. The highest BCUT2D eigenvalue weighted by Crippen LogP contribution is 2.37. The largest absolute Gasteiger partial charge is 0.504 e. The van der Waals surface area contributed by atoms with E-state index in [0.717, 1.165) is 12.1 Å². The highest BCUT2D eigenvalue weighted by Gasteiger charge is 2.09. The molecule has 0 radical (unpaired) electrons. The molecule has 0 aromatic heterocycles. The van der Waals surface area contributed by atoms with E-state index in [1.54, 1.807) is 0 Å². The Morgan fingerprint density at radius 2 is 1.88 bits per heavy atom. The number of urea groups is 1. The maximum Gasteiger partial charge on any atom is 0.321 e. The number of hydrogen-bond acceptors (Lipinski definition) is 5. The minimum Gasteiger partial charge on any atom is -0.504 e. The van der Waals surface area contributed by atoms with Crippen LogP contribution in [0.5, 0.6) is 17.2 Å². The third-order valence-corrected chi connectivity index (χ3v) is 1.70. The zero-order chi connectivity index (χ0) is 12.1. The first-order valence-electron chi connectivity index (χ1n) is 4.33. The van der Waals surface area contributed by atoms with Crippen molar-refractivity contribution < 1.29 is 24.9 Å². The van der Waals surface area contributed by atoms with Crippen LogP contribution in [-0.4, -0.2) is 35.2 Å². The Balaban J connectivity index is 2.71. The number of phenolic OH excluding ortho intramolecular Hbond substituents is 3. The number of aromatic hydroxyl groups is 3. The minimum absolute atomic E-state index is 0.0296. The topological polar surface area (TPSA) is 111 Å². The van der Waals surface area contributed by atoms with E-state index in [9.17, 15) is 4.79 Å². The van der Waals surface area contributed by atoms with E-state index in [0.29, 0.717) is 0 Å². The summed E-state index contributed by atoms with van der Waals surface area (Å²) in [7, 11) is 1.42. The molecule has 0 aliphatic carbocycles. The molecule has 0 fully saturated rings. The molecule has 0 unspecified atom stereocenters. The molecule has 7 nitrogen and oxygen atoms in total. The summed E-state index contributed by atoms with van der Waals surface area (Å²) in [6.45, 7) is 0.0296. The van der Waals surface area contributed by atoms with Gasteiger partial charge < -0.3 is 30.7 Å². The van der Waals surface area contributed by atoms with E-state index in [-0.39, 0.29) is 12.4 Å². The fourth-order valence-corrected chi connectivity index (χ4v) is 0.989. The molecule has 1 rings (SSSR count). The van der Waals surface area contributed by atoms with Crippen LogP contribution in [0.15, 0.2) is 12.1 Å². The molecule has 0 spiro atoms. The Hall–Kier alpha value is -2.15. The zero-order valence-electron chi connectivity index (χ0n) is 8.52. The molecular formula is C9H12N2O5. The van der Waals surface area contributed by atoms with Gasteiger partial charge >= 0.3 is 6.03 Å². The summed E-state index contributed by atoms with van der Waals surface area (Å²) in [6.07, 6.45) is 0. The van der Waals surface area contributed by atoms with E-state index < -0.39 is 23.3 Å². The predicted molar refractivity (Wildman–Crippen MR) is 55.5 cm³/mol. The fourth-order valence-electron chi connectivity index (χ4n) is 0.989. The maximum absolute atomic E-state index is 11.2. The molecule has 0 aliphatic rings. The Morgan fingerprint density at radius 3 is 2.38 bits per heavy atom. The molecule has 88 valence electrons. The van der Waals surface area contributed by atoms with E-state index in [1.807, 2.05) is 0 Å². The summed E-state index contributed by atoms with van der Waals surface area (Å²) in [6, 6.07) is 1.63. The SMILES string of the molecule is COCNC(=O)Nc1cc(O)c(O)c(O)c1. The van der Waals surface area contributed by atoms with Gasteiger partial charge in [0, 0.05) is 19.2 Å². The van der Waals surface area contributed by atoms with Crippen molar-refractivity contribution in [2.45, 2.75) is 0 Å². The van der Waals surface area contributed by atoms with Crippen molar-refractivity contribution in [3.05, 3.63) is 12.1 Å². The number of carbonyl (C=O) groups excluding carboxylic acids is 1. The van der Waals surface area contributed by atoms with Crippen LogP contribution < -0.4 is 10.6 Å². The summed E-state index contributed by atoms with van der Waals surface area (Å²) >= 11 is 0. The molecule has 7 heteroatoms. The summed E-state index contributed by atoms with van der Waals surface area (Å²) in [5.41, 5.74) is 0.140. The highest BCUT2D eigenvalue weighted by atomic mass is 16.5. The van der Waals surface area contributed by atoms with Gasteiger partial charge in [0.2, 0.25) is 0 Å². The number of carbonyl (C=O) groups is 1. The smallest absolute Gasteiger partial charge is 0.321 e. The molecule has 0 bridgehead atoms. The summed E-state index contributed by atoms with van der Waals surface area (Å²) in [5, 5.41) is 32.0. The molecule has 5 N–H and O–H groups in total. The standard InChI is InChI=1S/C9H12N2O5/c1-16-4-10-9(15)11-5-2-6(12)8(14)7(13)3-5/h2-3,12-14H,4H2,1H3,(H2,10,11,15). The number of ether oxygens (including phenoxy) is 1. The van der Waals surface area contributed by atoms with E-state index >= 15 is 0 Å². The lowest BCUT2D eigenvalue weighted by atomic mass is 10.2. The van der Waals surface area contributed by atoms with Crippen molar-refractivity contribution in [2.24, 2.45) is 0 Å². The molecule has 1 aromatic rings. The van der Waals surface area contributed by atoms with Crippen molar-refractivity contribution in [3.63, 3.8) is 0 Å². The second-order valence-electron chi connectivity index (χ2n) is 2.93. The number of hydrogen-bond donors (Lipinski definition) is 5. The van der Waals surface area contributed by atoms with Gasteiger partial charge in [-0.3, -0.25) is 0 Å². The van der Waals surface area contributed by atoms with Gasteiger partial charge in [-0.2, -0.15) is 0 Å². The van der Waals surface area contributed by atoms with Crippen molar-refractivity contribution >= 4 is 11.7 Å². The number of anilines is 1. The third kappa shape index (κ3) is 2.92. The Labute approximate surface area is 91.3 Å². The Kier molecular flexibility index (Phi) is 3.78. The number of rotatable bonds is 3. The fraction of sp³-hybridized carbons (Fsp3) is 0.222. The van der Waals surface area contributed by atoms with Gasteiger partial charge in [-0.25, -0.2) is 4.79 Å². The third-order valence-electron chi connectivity index (χ3n) is 1.70. The number of benzene rings is 1. The lowest BCUT2D eigenvalue weighted by molar-refractivity contribution is 0.177. The van der Waals surface area contributed by atoms with Gasteiger partial charge in [-0.1, -0.05) is 0 Å². The van der Waals surface area contributed by atoms with E-state index in [4.69, 9.17) is 15.3 Å². The first kappa shape index (κ1) is 11.9. The first-order valence-corrected chi connectivity index (χ1v) is 4.33. The number of nitrogens with one attached hydrogen (secondary N) is 2. The van der Waals surface area contributed by atoms with Crippen molar-refractivity contribution in [1.29, 1.82) is 0 Å². The van der Waals surface area contributed by atoms with Crippen LogP contribution in [0.1, 0.15) is 0 Å². The highest BCUT2D eigenvalue weighted by molar-refractivity contribution is 5.90. The quantitative estimate of drug-likeness (QED) is 0.294. The molecule has 0 heterocycles. The zero-order valence-corrected chi connectivity index (χ0v) is 8.52. The van der Waals surface area contributed by atoms with Gasteiger partial charge in [-0.05, 0) is 0 Å².